The van der Waals surface area contributed by atoms with E-state index in [9.17, 15) is 4.79 Å². The third kappa shape index (κ3) is 2.44. The van der Waals surface area contributed by atoms with Gasteiger partial charge < -0.3 is 18.8 Å². The van der Waals surface area contributed by atoms with E-state index in [-0.39, 0.29) is 5.82 Å². The van der Waals surface area contributed by atoms with Gasteiger partial charge in [0.1, 0.15) is 5.65 Å². The lowest BCUT2D eigenvalue weighted by Gasteiger charge is -2.32. The molecule has 22 heavy (non-hydrogen) atoms. The molecule has 2 aromatic rings. The fourth-order valence-corrected chi connectivity index (χ4v) is 2.30. The maximum Gasteiger partial charge on any atom is 0.496 e. The Morgan fingerprint density at radius 3 is 2.45 bits per heavy atom. The molecular weight excluding hydrogens is 285 g/mol. The molecule has 3 rings (SSSR count). The van der Waals surface area contributed by atoms with Gasteiger partial charge >= 0.3 is 13.2 Å². The molecule has 0 aliphatic carbocycles. The molecule has 1 saturated heterocycles. The number of aromatic nitrogens is 2. The van der Waals surface area contributed by atoms with Gasteiger partial charge in [0.05, 0.1) is 17.4 Å². The Morgan fingerprint density at radius 2 is 1.86 bits per heavy atom. The molecule has 0 aromatic carbocycles. The number of carbonyl (C=O) groups is 1. The first-order valence-electron chi connectivity index (χ1n) is 7.02. The fraction of sp³-hybridized carbons (Fsp3) is 0.429. The number of hydrogen-bond acceptors (Lipinski definition) is 4. The Kier molecular flexibility index (Phi) is 3.19. The van der Waals surface area contributed by atoms with Gasteiger partial charge in [-0.1, -0.05) is 6.07 Å². The minimum Gasteiger partial charge on any atom is -0.465 e. The first-order chi connectivity index (χ1) is 10.2. The van der Waals surface area contributed by atoms with Gasteiger partial charge in [-0.25, -0.2) is 9.78 Å². The quantitative estimate of drug-likeness (QED) is 0.825. The summed E-state index contributed by atoms with van der Waals surface area (Å²) in [7, 11) is -0.465. The summed E-state index contributed by atoms with van der Waals surface area (Å²) >= 11 is 0. The molecule has 3 heterocycles. The molecule has 0 saturated carbocycles. The van der Waals surface area contributed by atoms with Crippen molar-refractivity contribution in [1.82, 2.24) is 9.38 Å². The summed E-state index contributed by atoms with van der Waals surface area (Å²) in [5, 5.41) is 11.0. The number of anilines is 1. The summed E-state index contributed by atoms with van der Waals surface area (Å²) < 4.78 is 13.8. The van der Waals surface area contributed by atoms with Gasteiger partial charge in [-0.05, 0) is 39.2 Å². The molecule has 1 fully saturated rings. The van der Waals surface area contributed by atoms with E-state index in [1.165, 1.54) is 0 Å². The van der Waals surface area contributed by atoms with E-state index < -0.39 is 24.4 Å². The zero-order chi connectivity index (χ0) is 16.1. The number of hydrogen-bond donors (Lipinski definition) is 2. The second-order valence-electron chi connectivity index (χ2n) is 6.37. The van der Waals surface area contributed by atoms with Crippen LogP contribution in [0, 0.1) is 0 Å². The number of nitrogens with zero attached hydrogens (tertiary/aromatic N) is 2. The van der Waals surface area contributed by atoms with E-state index in [1.54, 1.807) is 16.7 Å². The zero-order valence-electron chi connectivity index (χ0n) is 13.0. The highest BCUT2D eigenvalue weighted by molar-refractivity contribution is 6.62. The molecule has 0 radical (unpaired) electrons. The number of pyridine rings is 1. The SMILES string of the molecule is CC1(C)OB(c2ccc3nc(NC(=O)O)cn3c2)OC1(C)C. The van der Waals surface area contributed by atoms with Crippen LogP contribution < -0.4 is 10.8 Å². The average molecular weight is 303 g/mol. The number of carboxylic acid groups (broad SMARTS) is 1. The van der Waals surface area contributed by atoms with Crippen LogP contribution in [0.4, 0.5) is 10.6 Å². The number of fused-ring (bicyclic) bond motifs is 1. The van der Waals surface area contributed by atoms with Gasteiger partial charge in [-0.15, -0.1) is 0 Å². The van der Waals surface area contributed by atoms with Crippen LogP contribution in [0.5, 0.6) is 0 Å². The van der Waals surface area contributed by atoms with Crippen molar-refractivity contribution in [2.75, 3.05) is 5.32 Å². The molecule has 0 unspecified atom stereocenters. The van der Waals surface area contributed by atoms with Crippen molar-refractivity contribution in [3.63, 3.8) is 0 Å². The Hall–Kier alpha value is -2.06. The Morgan fingerprint density at radius 1 is 1.23 bits per heavy atom. The molecular formula is C14H18BN3O4. The highest BCUT2D eigenvalue weighted by Gasteiger charge is 2.51. The maximum atomic E-state index is 10.7. The minimum absolute atomic E-state index is 0.276. The number of amides is 1. The lowest BCUT2D eigenvalue weighted by Crippen LogP contribution is -2.41. The summed E-state index contributed by atoms with van der Waals surface area (Å²) in [6.07, 6.45) is 2.30. The lowest BCUT2D eigenvalue weighted by molar-refractivity contribution is 0.00578. The number of nitrogens with one attached hydrogen (secondary N) is 1. The monoisotopic (exact) mass is 303 g/mol. The highest BCUT2D eigenvalue weighted by Crippen LogP contribution is 2.36. The highest BCUT2D eigenvalue weighted by atomic mass is 16.7. The van der Waals surface area contributed by atoms with Gasteiger partial charge in [0.2, 0.25) is 0 Å². The van der Waals surface area contributed by atoms with Crippen molar-refractivity contribution < 1.29 is 19.2 Å². The average Bonchev–Trinajstić information content (AvgIpc) is 2.85. The van der Waals surface area contributed by atoms with Crippen molar-refractivity contribution in [2.45, 2.75) is 38.9 Å². The molecule has 0 atom stereocenters. The van der Waals surface area contributed by atoms with Crippen LogP contribution in [0.1, 0.15) is 27.7 Å². The van der Waals surface area contributed by atoms with Crippen LogP contribution in [-0.4, -0.2) is 38.9 Å². The largest absolute Gasteiger partial charge is 0.496 e. The van der Waals surface area contributed by atoms with Crippen molar-refractivity contribution in [3.8, 4) is 0 Å². The molecule has 1 amide bonds. The van der Waals surface area contributed by atoms with Gasteiger partial charge in [-0.3, -0.25) is 5.32 Å². The molecule has 116 valence electrons. The number of rotatable bonds is 2. The smallest absolute Gasteiger partial charge is 0.465 e. The Bertz CT molecular complexity index is 725. The van der Waals surface area contributed by atoms with Gasteiger partial charge in [0.25, 0.3) is 0 Å². The molecule has 1 aliphatic rings. The van der Waals surface area contributed by atoms with Crippen molar-refractivity contribution in [2.24, 2.45) is 0 Å². The molecule has 2 aromatic heterocycles. The fourth-order valence-electron chi connectivity index (χ4n) is 2.30. The second kappa shape index (κ2) is 4.72. The standard InChI is InChI=1S/C14H18BN3O4/c1-13(2)14(3,4)22-15(21-13)9-5-6-11-16-10(17-12(19)20)8-18(11)7-9/h5-8,17H,1-4H3,(H,19,20). The van der Waals surface area contributed by atoms with E-state index in [0.29, 0.717) is 5.65 Å². The first-order valence-corrected chi connectivity index (χ1v) is 7.02. The summed E-state index contributed by atoms with van der Waals surface area (Å²) in [4.78, 5) is 14.8. The van der Waals surface area contributed by atoms with Gasteiger partial charge in [-0.2, -0.15) is 0 Å². The maximum absolute atomic E-state index is 10.7. The molecule has 8 heteroatoms. The second-order valence-corrected chi connectivity index (χ2v) is 6.37. The van der Waals surface area contributed by atoms with Crippen LogP contribution in [0.15, 0.2) is 24.5 Å². The lowest BCUT2D eigenvalue weighted by atomic mass is 9.80. The zero-order valence-corrected chi connectivity index (χ0v) is 13.0. The summed E-state index contributed by atoms with van der Waals surface area (Å²) in [5.74, 6) is 0.276. The van der Waals surface area contributed by atoms with Crippen molar-refractivity contribution in [3.05, 3.63) is 24.5 Å². The van der Waals surface area contributed by atoms with Crippen LogP contribution in [0.25, 0.3) is 5.65 Å². The molecule has 0 bridgehead atoms. The van der Waals surface area contributed by atoms with E-state index >= 15 is 0 Å². The van der Waals surface area contributed by atoms with Crippen LogP contribution >= 0.6 is 0 Å². The van der Waals surface area contributed by atoms with Crippen LogP contribution in [0.3, 0.4) is 0 Å². The normalized spacial score (nSPS) is 19.5. The Balaban J connectivity index is 1.91. The van der Waals surface area contributed by atoms with Crippen molar-refractivity contribution >= 4 is 30.1 Å². The third-order valence-electron chi connectivity index (χ3n) is 4.23. The molecule has 0 spiro atoms. The van der Waals surface area contributed by atoms with E-state index in [1.807, 2.05) is 40.0 Å². The molecule has 2 N–H and O–H groups in total. The molecule has 1 aliphatic heterocycles. The van der Waals surface area contributed by atoms with E-state index in [0.717, 1.165) is 5.46 Å². The van der Waals surface area contributed by atoms with E-state index in [2.05, 4.69) is 10.3 Å². The summed E-state index contributed by atoms with van der Waals surface area (Å²) in [5.41, 5.74) is 0.685. The first kappa shape index (κ1) is 14.9. The predicted molar refractivity (Wildman–Crippen MR) is 82.6 cm³/mol. The van der Waals surface area contributed by atoms with Crippen LogP contribution in [-0.2, 0) is 9.31 Å². The topological polar surface area (TPSA) is 85.1 Å². The summed E-state index contributed by atoms with van der Waals surface area (Å²) in [6.45, 7) is 7.99. The molecule has 7 nitrogen and oxygen atoms in total. The third-order valence-corrected chi connectivity index (χ3v) is 4.23. The van der Waals surface area contributed by atoms with Crippen LogP contribution in [0.2, 0.25) is 0 Å². The Labute approximate surface area is 128 Å². The minimum atomic E-state index is -1.14. The van der Waals surface area contributed by atoms with Gasteiger partial charge in [0.15, 0.2) is 5.82 Å². The number of imidazole rings is 1. The summed E-state index contributed by atoms with van der Waals surface area (Å²) in [6, 6.07) is 3.67. The van der Waals surface area contributed by atoms with Crippen molar-refractivity contribution in [1.29, 1.82) is 0 Å². The van der Waals surface area contributed by atoms with Gasteiger partial charge in [0, 0.05) is 6.20 Å². The van der Waals surface area contributed by atoms with E-state index in [4.69, 9.17) is 14.4 Å². The predicted octanol–water partition coefficient (Wildman–Crippen LogP) is 1.72.